The van der Waals surface area contributed by atoms with Crippen LogP contribution in [0.2, 0.25) is 5.15 Å². The summed E-state index contributed by atoms with van der Waals surface area (Å²) in [6, 6.07) is 0. The lowest BCUT2D eigenvalue weighted by Crippen LogP contribution is -2.00. The van der Waals surface area contributed by atoms with Crippen LogP contribution in [0.3, 0.4) is 0 Å². The molecule has 0 aromatic carbocycles. The largest absolute Gasteiger partial charge is 0.378 e. The zero-order valence-electron chi connectivity index (χ0n) is 9.53. The molecule has 0 bridgehead atoms. The number of hydrogen-bond donors (Lipinski definition) is 1. The van der Waals surface area contributed by atoms with E-state index in [1.165, 1.54) is 0 Å². The van der Waals surface area contributed by atoms with Gasteiger partial charge in [0.25, 0.3) is 0 Å². The second-order valence-electron chi connectivity index (χ2n) is 3.73. The van der Waals surface area contributed by atoms with E-state index in [2.05, 4.69) is 15.5 Å². The van der Waals surface area contributed by atoms with E-state index >= 15 is 0 Å². The van der Waals surface area contributed by atoms with Gasteiger partial charge in [-0.3, -0.25) is 9.36 Å². The fraction of sp³-hybridized carbons (Fsp3) is 0.400. The van der Waals surface area contributed by atoms with Crippen LogP contribution in [0.15, 0.2) is 12.4 Å². The molecule has 1 N–H and O–H groups in total. The number of anilines is 1. The van der Waals surface area contributed by atoms with Gasteiger partial charge in [0.05, 0.1) is 17.6 Å². The maximum absolute atomic E-state index is 6.13. The molecule has 86 valence electrons. The van der Waals surface area contributed by atoms with Crippen LogP contribution in [0.25, 0.3) is 0 Å². The smallest absolute Gasteiger partial charge is 0.131 e. The van der Waals surface area contributed by atoms with E-state index in [-0.39, 0.29) is 0 Å². The predicted molar refractivity (Wildman–Crippen MR) is 63.5 cm³/mol. The van der Waals surface area contributed by atoms with Crippen molar-refractivity contribution in [3.63, 3.8) is 0 Å². The summed E-state index contributed by atoms with van der Waals surface area (Å²) in [5.41, 5.74) is 2.94. The fourth-order valence-corrected chi connectivity index (χ4v) is 1.82. The monoisotopic (exact) mass is 239 g/mol. The summed E-state index contributed by atoms with van der Waals surface area (Å²) in [5.74, 6) is 0. The third-order valence-corrected chi connectivity index (χ3v) is 2.92. The number of aryl methyl sites for hydroxylation is 3. The van der Waals surface area contributed by atoms with Gasteiger partial charge in [-0.1, -0.05) is 11.6 Å². The van der Waals surface area contributed by atoms with Crippen LogP contribution < -0.4 is 5.32 Å². The average Bonchev–Trinajstić information content (AvgIpc) is 2.72. The first-order valence-electron chi connectivity index (χ1n) is 4.98. The van der Waals surface area contributed by atoms with Gasteiger partial charge >= 0.3 is 0 Å². The van der Waals surface area contributed by atoms with Gasteiger partial charge in [-0.15, -0.1) is 0 Å². The number of hydrogen-bond acceptors (Lipinski definition) is 3. The Hall–Kier alpha value is -1.49. The molecule has 0 aliphatic heterocycles. The van der Waals surface area contributed by atoms with Crippen molar-refractivity contribution in [2.24, 2.45) is 14.1 Å². The van der Waals surface area contributed by atoms with Crippen molar-refractivity contribution >= 4 is 17.3 Å². The first kappa shape index (κ1) is 11.0. The van der Waals surface area contributed by atoms with Gasteiger partial charge in [0.15, 0.2) is 0 Å². The van der Waals surface area contributed by atoms with Crippen molar-refractivity contribution in [1.29, 1.82) is 0 Å². The number of nitrogens with zero attached hydrogens (tertiary/aromatic N) is 4. The second-order valence-corrected chi connectivity index (χ2v) is 4.09. The highest BCUT2D eigenvalue weighted by molar-refractivity contribution is 6.30. The lowest BCUT2D eigenvalue weighted by molar-refractivity contribution is 0.757. The van der Waals surface area contributed by atoms with Crippen molar-refractivity contribution in [3.8, 4) is 0 Å². The Balaban J connectivity index is 2.10. The topological polar surface area (TPSA) is 47.7 Å². The molecule has 0 aliphatic rings. The van der Waals surface area contributed by atoms with E-state index in [1.54, 1.807) is 15.6 Å². The first-order valence-corrected chi connectivity index (χ1v) is 5.36. The van der Waals surface area contributed by atoms with E-state index in [0.717, 1.165) is 16.9 Å². The average molecular weight is 240 g/mol. The quantitative estimate of drug-likeness (QED) is 0.888. The van der Waals surface area contributed by atoms with Crippen LogP contribution in [-0.2, 0) is 20.6 Å². The van der Waals surface area contributed by atoms with Gasteiger partial charge in [-0.25, -0.2) is 0 Å². The predicted octanol–water partition coefficient (Wildman–Crippen LogP) is 1.73. The van der Waals surface area contributed by atoms with Crippen molar-refractivity contribution in [2.45, 2.75) is 13.5 Å². The van der Waals surface area contributed by atoms with Gasteiger partial charge in [0.2, 0.25) is 0 Å². The highest BCUT2D eigenvalue weighted by Gasteiger charge is 2.10. The van der Waals surface area contributed by atoms with Gasteiger partial charge < -0.3 is 5.32 Å². The first-order chi connectivity index (χ1) is 7.58. The Morgan fingerprint density at radius 2 is 2.19 bits per heavy atom. The van der Waals surface area contributed by atoms with Crippen LogP contribution in [0, 0.1) is 6.92 Å². The summed E-state index contributed by atoms with van der Waals surface area (Å²) in [6.45, 7) is 2.61. The molecule has 0 amide bonds. The second kappa shape index (κ2) is 4.17. The summed E-state index contributed by atoms with van der Waals surface area (Å²) in [4.78, 5) is 0. The molecular formula is C10H14ClN5. The van der Waals surface area contributed by atoms with Crippen LogP contribution in [0.5, 0.6) is 0 Å². The molecule has 0 aliphatic carbocycles. The van der Waals surface area contributed by atoms with Crippen LogP contribution in [-0.4, -0.2) is 19.6 Å². The van der Waals surface area contributed by atoms with Crippen LogP contribution in [0.4, 0.5) is 5.69 Å². The molecular weight excluding hydrogens is 226 g/mol. The molecule has 0 fully saturated rings. The molecule has 6 heteroatoms. The summed E-state index contributed by atoms with van der Waals surface area (Å²) >= 11 is 6.13. The molecule has 0 unspecified atom stereocenters. The molecule has 0 radical (unpaired) electrons. The maximum atomic E-state index is 6.13. The third-order valence-electron chi connectivity index (χ3n) is 2.44. The van der Waals surface area contributed by atoms with Crippen molar-refractivity contribution in [1.82, 2.24) is 19.6 Å². The van der Waals surface area contributed by atoms with Gasteiger partial charge in [0.1, 0.15) is 5.15 Å². The Morgan fingerprint density at radius 3 is 2.69 bits per heavy atom. The Morgan fingerprint density at radius 1 is 1.44 bits per heavy atom. The normalized spacial score (nSPS) is 10.8. The van der Waals surface area contributed by atoms with Crippen molar-refractivity contribution < 1.29 is 0 Å². The highest BCUT2D eigenvalue weighted by atomic mass is 35.5. The van der Waals surface area contributed by atoms with Gasteiger partial charge in [-0.2, -0.15) is 10.2 Å². The molecule has 0 saturated carbocycles. The Labute approximate surface area is 99.0 Å². The molecule has 2 aromatic heterocycles. The van der Waals surface area contributed by atoms with E-state index in [9.17, 15) is 0 Å². The van der Waals surface area contributed by atoms with Gasteiger partial charge in [0, 0.05) is 32.4 Å². The van der Waals surface area contributed by atoms with Crippen LogP contribution >= 0.6 is 11.6 Å². The Kier molecular flexibility index (Phi) is 2.87. The number of rotatable bonds is 3. The van der Waals surface area contributed by atoms with E-state index < -0.39 is 0 Å². The number of aromatic nitrogens is 4. The third kappa shape index (κ3) is 2.04. The summed E-state index contributed by atoms with van der Waals surface area (Å²) in [5, 5.41) is 12.3. The van der Waals surface area contributed by atoms with E-state index in [0.29, 0.717) is 11.7 Å². The van der Waals surface area contributed by atoms with Gasteiger partial charge in [-0.05, 0) is 6.92 Å². The summed E-state index contributed by atoms with van der Waals surface area (Å²) < 4.78 is 3.43. The highest BCUT2D eigenvalue weighted by Crippen LogP contribution is 2.19. The standard InChI is InChI=1S/C10H14ClN5/c1-7-9(10(11)16(3)14-7)5-12-8-4-13-15(2)6-8/h4,6,12H,5H2,1-3H3. The van der Waals surface area contributed by atoms with Crippen molar-refractivity contribution in [3.05, 3.63) is 28.8 Å². The van der Waals surface area contributed by atoms with Crippen LogP contribution in [0.1, 0.15) is 11.3 Å². The lowest BCUT2D eigenvalue weighted by Gasteiger charge is -2.02. The summed E-state index contributed by atoms with van der Waals surface area (Å²) in [7, 11) is 3.72. The molecule has 2 heterocycles. The zero-order valence-corrected chi connectivity index (χ0v) is 10.3. The molecule has 0 saturated heterocycles. The Bertz CT molecular complexity index is 499. The minimum atomic E-state index is 0.657. The maximum Gasteiger partial charge on any atom is 0.131 e. The fourth-order valence-electron chi connectivity index (χ4n) is 1.58. The summed E-state index contributed by atoms with van der Waals surface area (Å²) in [6.07, 6.45) is 3.69. The zero-order chi connectivity index (χ0) is 11.7. The SMILES string of the molecule is Cc1nn(C)c(Cl)c1CNc1cnn(C)c1. The van der Waals surface area contributed by atoms with E-state index in [1.807, 2.05) is 27.2 Å². The number of halogens is 1. The molecule has 2 aromatic rings. The molecule has 0 atom stereocenters. The number of nitrogens with one attached hydrogen (secondary N) is 1. The minimum absolute atomic E-state index is 0.657. The molecule has 0 spiro atoms. The van der Waals surface area contributed by atoms with Crippen molar-refractivity contribution in [2.75, 3.05) is 5.32 Å². The minimum Gasteiger partial charge on any atom is -0.378 e. The lowest BCUT2D eigenvalue weighted by atomic mass is 10.2. The molecule has 16 heavy (non-hydrogen) atoms. The van der Waals surface area contributed by atoms with E-state index in [4.69, 9.17) is 11.6 Å². The molecule has 2 rings (SSSR count). The molecule has 5 nitrogen and oxygen atoms in total.